The second-order valence-corrected chi connectivity index (χ2v) is 5.89. The number of rotatable bonds is 5. The van der Waals surface area contributed by atoms with Crippen LogP contribution in [0.25, 0.3) is 0 Å². The lowest BCUT2D eigenvalue weighted by molar-refractivity contribution is -0.170. The van der Waals surface area contributed by atoms with Gasteiger partial charge in [0.2, 0.25) is 0 Å². The molecule has 0 amide bonds. The number of methoxy groups -OCH3 is 1. The van der Waals surface area contributed by atoms with Crippen LogP contribution >= 0.6 is 0 Å². The average Bonchev–Trinajstić information content (AvgIpc) is 2.58. The van der Waals surface area contributed by atoms with Crippen molar-refractivity contribution in [1.29, 1.82) is 0 Å². The highest BCUT2D eigenvalue weighted by Crippen LogP contribution is 2.54. The number of ether oxygens (including phenoxy) is 4. The summed E-state index contributed by atoms with van der Waals surface area (Å²) in [7, 11) is 1.54. The van der Waals surface area contributed by atoms with E-state index < -0.39 is 24.1 Å². The minimum atomic E-state index is -0.622. The lowest BCUT2D eigenvalue weighted by Crippen LogP contribution is -2.44. The summed E-state index contributed by atoms with van der Waals surface area (Å²) in [5.74, 6) is -0.971. The zero-order chi connectivity index (χ0) is 16.4. The molecule has 0 bridgehead atoms. The van der Waals surface area contributed by atoms with Crippen LogP contribution in [0.4, 0.5) is 0 Å². The van der Waals surface area contributed by atoms with Crippen LogP contribution in [-0.2, 0) is 33.3 Å². The van der Waals surface area contributed by atoms with Crippen LogP contribution in [-0.4, -0.2) is 49.9 Å². The molecule has 0 aromatic heterocycles. The summed E-state index contributed by atoms with van der Waals surface area (Å²) in [6.45, 7) is 4.31. The fraction of sp³-hybridized carbons (Fsp3) is 0.800. The van der Waals surface area contributed by atoms with E-state index in [-0.39, 0.29) is 29.8 Å². The second kappa shape index (κ2) is 6.64. The number of carbonyl (C=O) groups excluding carboxylic acids is 3. The summed E-state index contributed by atoms with van der Waals surface area (Å²) in [5.41, 5.74) is 0. The van der Waals surface area contributed by atoms with Crippen molar-refractivity contribution >= 4 is 17.9 Å². The Morgan fingerprint density at radius 2 is 1.50 bits per heavy atom. The van der Waals surface area contributed by atoms with Crippen molar-refractivity contribution in [3.05, 3.63) is 0 Å². The van der Waals surface area contributed by atoms with E-state index in [4.69, 9.17) is 18.9 Å². The van der Waals surface area contributed by atoms with Crippen molar-refractivity contribution in [1.82, 2.24) is 0 Å². The first-order chi connectivity index (χ1) is 10.3. The number of esters is 3. The first kappa shape index (κ1) is 16.7. The minimum absolute atomic E-state index is 0.0399. The van der Waals surface area contributed by atoms with Crippen molar-refractivity contribution < 1.29 is 33.3 Å². The molecule has 2 aliphatic carbocycles. The molecule has 7 heteroatoms. The lowest BCUT2D eigenvalue weighted by atomic mass is 9.65. The van der Waals surface area contributed by atoms with Gasteiger partial charge in [-0.1, -0.05) is 0 Å². The van der Waals surface area contributed by atoms with Crippen molar-refractivity contribution in [3.63, 3.8) is 0 Å². The fourth-order valence-electron chi connectivity index (χ4n) is 3.70. The number of carbonyl (C=O) groups is 3. The summed E-state index contributed by atoms with van der Waals surface area (Å²) in [6, 6.07) is 0. The van der Waals surface area contributed by atoms with Crippen LogP contribution in [0.3, 0.4) is 0 Å². The monoisotopic (exact) mass is 314 g/mol. The molecule has 0 radical (unpaired) electrons. The predicted molar refractivity (Wildman–Crippen MR) is 73.6 cm³/mol. The summed E-state index contributed by atoms with van der Waals surface area (Å²) in [4.78, 5) is 33.6. The van der Waals surface area contributed by atoms with Gasteiger partial charge in [0.05, 0.1) is 6.61 Å². The normalized spacial score (nSPS) is 36.0. The highest BCUT2D eigenvalue weighted by molar-refractivity contribution is 5.68. The molecule has 0 aliphatic heterocycles. The van der Waals surface area contributed by atoms with E-state index in [1.165, 1.54) is 27.9 Å². The molecule has 124 valence electrons. The Labute approximate surface area is 129 Å². The third kappa shape index (κ3) is 3.24. The zero-order valence-electron chi connectivity index (χ0n) is 13.2. The van der Waals surface area contributed by atoms with Gasteiger partial charge in [0.1, 0.15) is 12.2 Å². The van der Waals surface area contributed by atoms with Crippen LogP contribution in [0.5, 0.6) is 0 Å². The van der Waals surface area contributed by atoms with Gasteiger partial charge in [0.15, 0.2) is 6.10 Å². The fourth-order valence-corrected chi connectivity index (χ4v) is 3.70. The van der Waals surface area contributed by atoms with Gasteiger partial charge in [-0.2, -0.15) is 0 Å². The van der Waals surface area contributed by atoms with E-state index in [1.807, 2.05) is 0 Å². The molecule has 22 heavy (non-hydrogen) atoms. The van der Waals surface area contributed by atoms with Gasteiger partial charge < -0.3 is 18.9 Å². The lowest BCUT2D eigenvalue weighted by Gasteiger charge is -2.42. The Morgan fingerprint density at radius 1 is 0.909 bits per heavy atom. The Morgan fingerprint density at radius 3 is 2.00 bits per heavy atom. The third-order valence-corrected chi connectivity index (χ3v) is 4.44. The van der Waals surface area contributed by atoms with Gasteiger partial charge in [-0.25, -0.2) is 0 Å². The molecule has 0 spiro atoms. The number of hydrogen-bond donors (Lipinski definition) is 0. The largest absolute Gasteiger partial charge is 0.466 e. The zero-order valence-corrected chi connectivity index (χ0v) is 13.2. The van der Waals surface area contributed by atoms with E-state index in [0.717, 1.165) is 6.42 Å². The third-order valence-electron chi connectivity index (χ3n) is 4.44. The molecule has 0 unspecified atom stereocenters. The number of fused-ring (bicyclic) bond motifs is 1. The molecule has 0 heterocycles. The summed E-state index contributed by atoms with van der Waals surface area (Å²) in [5, 5.41) is 0. The topological polar surface area (TPSA) is 88.1 Å². The Kier molecular flexibility index (Phi) is 5.05. The SMILES string of the molecule is CO[C@@H]1[C@H](OC(C)=O)[C@@H](OC(C)=O)[C@H]2C[C@H](COC(C)=O)[C@H]21. The molecule has 6 atom stereocenters. The molecule has 2 aliphatic rings. The maximum absolute atomic E-state index is 11.3. The molecule has 2 fully saturated rings. The molecule has 0 aromatic rings. The average molecular weight is 314 g/mol. The molecule has 2 rings (SSSR count). The van der Waals surface area contributed by atoms with Crippen LogP contribution in [0.2, 0.25) is 0 Å². The summed E-state index contributed by atoms with van der Waals surface area (Å²) < 4.78 is 21.3. The van der Waals surface area contributed by atoms with Gasteiger partial charge in [0.25, 0.3) is 0 Å². The smallest absolute Gasteiger partial charge is 0.303 e. The molecular weight excluding hydrogens is 292 g/mol. The second-order valence-electron chi connectivity index (χ2n) is 5.89. The van der Waals surface area contributed by atoms with Gasteiger partial charge in [-0.3, -0.25) is 14.4 Å². The quantitative estimate of drug-likeness (QED) is 0.545. The van der Waals surface area contributed by atoms with Gasteiger partial charge in [0, 0.05) is 39.7 Å². The van der Waals surface area contributed by atoms with Crippen LogP contribution in [0.15, 0.2) is 0 Å². The highest BCUT2D eigenvalue weighted by atomic mass is 16.6. The molecule has 2 saturated carbocycles. The molecule has 0 saturated heterocycles. The summed E-state index contributed by atoms with van der Waals surface area (Å²) >= 11 is 0. The van der Waals surface area contributed by atoms with E-state index in [9.17, 15) is 14.4 Å². The van der Waals surface area contributed by atoms with Gasteiger partial charge >= 0.3 is 17.9 Å². The van der Waals surface area contributed by atoms with Crippen molar-refractivity contribution in [2.75, 3.05) is 13.7 Å². The highest BCUT2D eigenvalue weighted by Gasteiger charge is 2.62. The standard InChI is InChI=1S/C15H22O7/c1-7(16)20-6-10-5-11-12(10)14(19-4)15(22-9(3)18)13(11)21-8(2)17/h10-15H,5-6H2,1-4H3/t10-,11+,12-,13+,14+,15-/m1/s1. The Bertz CT molecular complexity index is 461. The Hall–Kier alpha value is -1.63. The van der Waals surface area contributed by atoms with Crippen LogP contribution in [0, 0.1) is 17.8 Å². The first-order valence-corrected chi connectivity index (χ1v) is 7.35. The maximum Gasteiger partial charge on any atom is 0.303 e. The molecule has 0 N–H and O–H groups in total. The van der Waals surface area contributed by atoms with Gasteiger partial charge in [-0.05, 0) is 12.3 Å². The van der Waals surface area contributed by atoms with E-state index in [1.54, 1.807) is 0 Å². The Balaban J connectivity index is 2.13. The molecule has 7 nitrogen and oxygen atoms in total. The maximum atomic E-state index is 11.3. The molecular formula is C15H22O7. The van der Waals surface area contributed by atoms with Crippen LogP contribution in [0.1, 0.15) is 27.2 Å². The van der Waals surface area contributed by atoms with Crippen molar-refractivity contribution in [2.45, 2.75) is 45.5 Å². The van der Waals surface area contributed by atoms with Crippen LogP contribution < -0.4 is 0 Å². The predicted octanol–water partition coefficient (Wildman–Crippen LogP) is 0.694. The summed E-state index contributed by atoms with van der Waals surface area (Å²) in [6.07, 6.45) is -0.755. The van der Waals surface area contributed by atoms with Crippen molar-refractivity contribution in [2.24, 2.45) is 17.8 Å². The van der Waals surface area contributed by atoms with E-state index >= 15 is 0 Å². The minimum Gasteiger partial charge on any atom is -0.466 e. The van der Waals surface area contributed by atoms with Crippen molar-refractivity contribution in [3.8, 4) is 0 Å². The van der Waals surface area contributed by atoms with E-state index in [2.05, 4.69) is 0 Å². The molecule has 0 aromatic carbocycles. The first-order valence-electron chi connectivity index (χ1n) is 7.35. The van der Waals surface area contributed by atoms with E-state index in [0.29, 0.717) is 6.61 Å². The van der Waals surface area contributed by atoms with Gasteiger partial charge in [-0.15, -0.1) is 0 Å². The number of hydrogen-bond acceptors (Lipinski definition) is 7.